The number of aromatic nitrogens is 4. The zero-order valence-electron chi connectivity index (χ0n) is 16.6. The first-order valence-corrected chi connectivity index (χ1v) is 10.9. The molecule has 3 aromatic heterocycles. The van der Waals surface area contributed by atoms with E-state index in [9.17, 15) is 4.79 Å². The van der Waals surface area contributed by atoms with Crippen molar-refractivity contribution in [3.8, 4) is 0 Å². The van der Waals surface area contributed by atoms with Gasteiger partial charge in [-0.25, -0.2) is 0 Å². The lowest BCUT2D eigenvalue weighted by Crippen LogP contribution is -2.27. The summed E-state index contributed by atoms with van der Waals surface area (Å²) in [5.41, 5.74) is 2.88. The van der Waals surface area contributed by atoms with Gasteiger partial charge in [0.1, 0.15) is 11.6 Å². The van der Waals surface area contributed by atoms with E-state index in [2.05, 4.69) is 49.1 Å². The van der Waals surface area contributed by atoms with Crippen LogP contribution in [0.2, 0.25) is 0 Å². The van der Waals surface area contributed by atoms with Crippen molar-refractivity contribution in [2.45, 2.75) is 59.0 Å². The second-order valence-corrected chi connectivity index (χ2v) is 8.48. The fraction of sp³-hybridized carbons (Fsp3) is 0.476. The highest BCUT2D eigenvalue weighted by atomic mass is 32.1. The van der Waals surface area contributed by atoms with E-state index in [1.54, 1.807) is 11.3 Å². The molecule has 7 heteroatoms. The minimum atomic E-state index is -0.0128. The normalized spacial score (nSPS) is 13.9. The quantitative estimate of drug-likeness (QED) is 0.692. The van der Waals surface area contributed by atoms with Crippen LogP contribution in [0.15, 0.2) is 23.6 Å². The van der Waals surface area contributed by atoms with Gasteiger partial charge in [-0.15, -0.1) is 21.5 Å². The van der Waals surface area contributed by atoms with Gasteiger partial charge in [-0.3, -0.25) is 4.79 Å². The molecule has 4 heterocycles. The maximum Gasteiger partial charge on any atom is 0.253 e. The van der Waals surface area contributed by atoms with E-state index in [1.807, 2.05) is 13.0 Å². The number of hydrogen-bond donors (Lipinski definition) is 1. The number of nitrogens with one attached hydrogen (secondary N) is 1. The van der Waals surface area contributed by atoms with Gasteiger partial charge in [0.05, 0.1) is 12.1 Å². The first-order chi connectivity index (χ1) is 13.6. The van der Waals surface area contributed by atoms with Gasteiger partial charge >= 0.3 is 0 Å². The number of amides is 1. The monoisotopic (exact) mass is 397 g/mol. The van der Waals surface area contributed by atoms with Crippen LogP contribution in [0.5, 0.6) is 0 Å². The van der Waals surface area contributed by atoms with Gasteiger partial charge in [0.15, 0.2) is 0 Å². The maximum atomic E-state index is 12.7. The van der Waals surface area contributed by atoms with Crippen molar-refractivity contribution in [1.29, 1.82) is 0 Å². The Hall–Kier alpha value is -2.41. The third-order valence-corrected chi connectivity index (χ3v) is 6.39. The third-order valence-electron chi connectivity index (χ3n) is 5.53. The molecule has 0 saturated heterocycles. The van der Waals surface area contributed by atoms with Gasteiger partial charge in [0, 0.05) is 42.2 Å². The molecule has 0 bridgehead atoms. The van der Waals surface area contributed by atoms with E-state index in [0.717, 1.165) is 48.1 Å². The first-order valence-electron chi connectivity index (χ1n) is 10.0. The van der Waals surface area contributed by atoms with Crippen molar-refractivity contribution in [3.63, 3.8) is 0 Å². The summed E-state index contributed by atoms with van der Waals surface area (Å²) in [7, 11) is 0. The minimum absolute atomic E-state index is 0.0128. The van der Waals surface area contributed by atoms with Crippen LogP contribution in [0.3, 0.4) is 0 Å². The predicted octanol–water partition coefficient (Wildman–Crippen LogP) is 3.51. The summed E-state index contributed by atoms with van der Waals surface area (Å²) in [6.07, 6.45) is 5.35. The number of carbonyl (C=O) groups is 1. The van der Waals surface area contributed by atoms with E-state index >= 15 is 0 Å². The molecule has 0 atom stereocenters. The Balaban J connectivity index is 1.39. The smallest absolute Gasteiger partial charge is 0.253 e. The Bertz CT molecular complexity index is 954. The molecule has 0 unspecified atom stereocenters. The predicted molar refractivity (Wildman–Crippen MR) is 111 cm³/mol. The van der Waals surface area contributed by atoms with Gasteiger partial charge < -0.3 is 14.5 Å². The van der Waals surface area contributed by atoms with Crippen LogP contribution in [-0.2, 0) is 25.9 Å². The molecule has 6 nitrogen and oxygen atoms in total. The molecule has 148 valence electrons. The van der Waals surface area contributed by atoms with Crippen molar-refractivity contribution in [1.82, 2.24) is 24.6 Å². The highest BCUT2D eigenvalue weighted by Gasteiger charge is 2.17. The number of aryl methyl sites for hydroxylation is 2. The molecule has 28 heavy (non-hydrogen) atoms. The summed E-state index contributed by atoms with van der Waals surface area (Å²) in [5.74, 6) is 2.07. The second kappa shape index (κ2) is 8.31. The van der Waals surface area contributed by atoms with E-state index in [1.165, 1.54) is 24.1 Å². The summed E-state index contributed by atoms with van der Waals surface area (Å²) in [6, 6.07) is 6.18. The standard InChI is InChI=1S/C21H27N5OS/c1-15-13-18(16(2)26(15)14-17-7-6-12-28-17)21(27)22-10-9-20-24-23-19-8-4-3-5-11-25(19)20/h6-7,12-13H,3-5,8-11,14H2,1-2H3,(H,22,27). The molecule has 0 radical (unpaired) electrons. The van der Waals surface area contributed by atoms with Crippen molar-refractivity contribution in [3.05, 3.63) is 57.1 Å². The molecule has 1 N–H and O–H groups in total. The SMILES string of the molecule is Cc1cc(C(=O)NCCc2nnc3n2CCCCC3)c(C)n1Cc1cccs1. The van der Waals surface area contributed by atoms with Crippen LogP contribution in [0.1, 0.15) is 57.5 Å². The first kappa shape index (κ1) is 18.9. The minimum Gasteiger partial charge on any atom is -0.352 e. The molecule has 3 aromatic rings. The molecule has 0 aromatic carbocycles. The van der Waals surface area contributed by atoms with Crippen LogP contribution < -0.4 is 5.32 Å². The van der Waals surface area contributed by atoms with Crippen LogP contribution in [-0.4, -0.2) is 31.8 Å². The van der Waals surface area contributed by atoms with Crippen molar-refractivity contribution >= 4 is 17.2 Å². The zero-order chi connectivity index (χ0) is 19.5. The molecule has 1 aliphatic rings. The molecule has 0 aliphatic carbocycles. The average Bonchev–Trinajstić information content (AvgIpc) is 3.35. The van der Waals surface area contributed by atoms with Crippen LogP contribution in [0.4, 0.5) is 0 Å². The zero-order valence-corrected chi connectivity index (χ0v) is 17.4. The fourth-order valence-corrected chi connectivity index (χ4v) is 4.64. The Morgan fingerprint density at radius 3 is 2.96 bits per heavy atom. The molecule has 4 rings (SSSR count). The van der Waals surface area contributed by atoms with E-state index in [4.69, 9.17) is 0 Å². The van der Waals surface area contributed by atoms with Crippen LogP contribution in [0.25, 0.3) is 0 Å². The summed E-state index contributed by atoms with van der Waals surface area (Å²) >= 11 is 1.74. The fourth-order valence-electron chi connectivity index (χ4n) is 3.95. The van der Waals surface area contributed by atoms with E-state index in [-0.39, 0.29) is 5.91 Å². The Kier molecular flexibility index (Phi) is 5.62. The van der Waals surface area contributed by atoms with Gasteiger partial charge in [0.25, 0.3) is 5.91 Å². The molecule has 1 aliphatic heterocycles. The van der Waals surface area contributed by atoms with Gasteiger partial charge in [-0.1, -0.05) is 12.5 Å². The highest BCUT2D eigenvalue weighted by molar-refractivity contribution is 7.09. The molecule has 1 amide bonds. The van der Waals surface area contributed by atoms with Gasteiger partial charge in [-0.05, 0) is 44.2 Å². The number of hydrogen-bond acceptors (Lipinski definition) is 4. The number of nitrogens with zero attached hydrogens (tertiary/aromatic N) is 4. The maximum absolute atomic E-state index is 12.7. The average molecular weight is 398 g/mol. The van der Waals surface area contributed by atoms with Crippen molar-refractivity contribution in [2.75, 3.05) is 6.54 Å². The lowest BCUT2D eigenvalue weighted by atomic mass is 10.2. The molecule has 0 spiro atoms. The van der Waals surface area contributed by atoms with E-state index in [0.29, 0.717) is 13.0 Å². The van der Waals surface area contributed by atoms with Gasteiger partial charge in [-0.2, -0.15) is 0 Å². The third kappa shape index (κ3) is 3.90. The van der Waals surface area contributed by atoms with Crippen molar-refractivity contribution in [2.24, 2.45) is 0 Å². The lowest BCUT2D eigenvalue weighted by Gasteiger charge is -2.09. The number of fused-ring (bicyclic) bond motifs is 1. The summed E-state index contributed by atoms with van der Waals surface area (Å²) < 4.78 is 4.45. The molecule has 0 saturated carbocycles. The largest absolute Gasteiger partial charge is 0.352 e. The molecule has 0 fully saturated rings. The van der Waals surface area contributed by atoms with Crippen LogP contribution >= 0.6 is 11.3 Å². The lowest BCUT2D eigenvalue weighted by molar-refractivity contribution is 0.0953. The Morgan fingerprint density at radius 2 is 2.14 bits per heavy atom. The Labute approximate surface area is 169 Å². The summed E-state index contributed by atoms with van der Waals surface area (Å²) in [4.78, 5) is 14.0. The van der Waals surface area contributed by atoms with Gasteiger partial charge in [0.2, 0.25) is 0 Å². The molecular weight excluding hydrogens is 370 g/mol. The summed E-state index contributed by atoms with van der Waals surface area (Å²) in [5, 5.41) is 13.8. The number of carbonyl (C=O) groups excluding carboxylic acids is 1. The Morgan fingerprint density at radius 1 is 1.25 bits per heavy atom. The number of thiophene rings is 1. The van der Waals surface area contributed by atoms with Crippen LogP contribution in [0, 0.1) is 13.8 Å². The highest BCUT2D eigenvalue weighted by Crippen LogP contribution is 2.19. The second-order valence-electron chi connectivity index (χ2n) is 7.45. The number of rotatable bonds is 6. The molecular formula is C21H27N5OS. The van der Waals surface area contributed by atoms with Crippen molar-refractivity contribution < 1.29 is 4.79 Å². The van der Waals surface area contributed by atoms with E-state index < -0.39 is 0 Å². The topological polar surface area (TPSA) is 64.7 Å². The summed E-state index contributed by atoms with van der Waals surface area (Å²) in [6.45, 7) is 6.46.